The summed E-state index contributed by atoms with van der Waals surface area (Å²) in [6.07, 6.45) is 0. The lowest BCUT2D eigenvalue weighted by Crippen LogP contribution is -2.32. The molecule has 1 heterocycles. The van der Waals surface area contributed by atoms with Crippen molar-refractivity contribution in [3.63, 3.8) is 0 Å². The molecule has 0 aromatic heterocycles. The summed E-state index contributed by atoms with van der Waals surface area (Å²) in [4.78, 5) is 13.6. The number of hydrogen-bond donors (Lipinski definition) is 1. The van der Waals surface area contributed by atoms with Crippen LogP contribution >= 0.6 is 43.6 Å². The van der Waals surface area contributed by atoms with Gasteiger partial charge in [0.05, 0.1) is 11.6 Å². The van der Waals surface area contributed by atoms with Crippen LogP contribution in [0.2, 0.25) is 0 Å². The number of thioether (sulfide) groups is 1. The van der Waals surface area contributed by atoms with Crippen molar-refractivity contribution in [3.05, 3.63) is 27.1 Å². The first-order valence-electron chi connectivity index (χ1n) is 4.75. The third-order valence-electron chi connectivity index (χ3n) is 2.21. The molecule has 3 nitrogen and oxygen atoms in total. The van der Waals surface area contributed by atoms with E-state index in [2.05, 4.69) is 37.2 Å². The van der Waals surface area contributed by atoms with E-state index in [0.29, 0.717) is 0 Å². The number of rotatable bonds is 1. The van der Waals surface area contributed by atoms with E-state index < -0.39 is 0 Å². The first-order valence-corrected chi connectivity index (χ1v) is 7.49. The topological polar surface area (TPSA) is 32.3 Å². The zero-order valence-corrected chi connectivity index (χ0v) is 12.4. The third kappa shape index (κ3) is 2.93. The number of nitrogens with one attached hydrogen (secondary N) is 1. The summed E-state index contributed by atoms with van der Waals surface area (Å²) >= 11 is 8.56. The van der Waals surface area contributed by atoms with E-state index in [9.17, 15) is 4.79 Å². The maximum absolute atomic E-state index is 11.8. The Morgan fingerprint density at radius 1 is 1.44 bits per heavy atom. The number of nitrogens with zero attached hydrogens (tertiary/aromatic N) is 1. The van der Waals surface area contributed by atoms with Crippen molar-refractivity contribution in [1.82, 2.24) is 4.90 Å². The summed E-state index contributed by atoms with van der Waals surface area (Å²) in [6.45, 7) is 0.824. The molecule has 2 rings (SSSR count). The van der Waals surface area contributed by atoms with E-state index in [1.807, 2.05) is 18.2 Å². The van der Waals surface area contributed by atoms with Gasteiger partial charge >= 0.3 is 6.03 Å². The number of amides is 2. The van der Waals surface area contributed by atoms with Crippen molar-refractivity contribution in [2.45, 2.75) is 0 Å². The predicted octanol–water partition coefficient (Wildman–Crippen LogP) is 3.75. The molecule has 2 amide bonds. The fourth-order valence-corrected chi connectivity index (χ4v) is 3.45. The molecule has 1 aliphatic rings. The van der Waals surface area contributed by atoms with E-state index >= 15 is 0 Å². The average Bonchev–Trinajstić information content (AvgIpc) is 2.75. The van der Waals surface area contributed by atoms with Crippen LogP contribution in [0.3, 0.4) is 0 Å². The number of hydrogen-bond acceptors (Lipinski definition) is 2. The molecule has 1 N–H and O–H groups in total. The lowest BCUT2D eigenvalue weighted by Gasteiger charge is -2.16. The van der Waals surface area contributed by atoms with Crippen molar-refractivity contribution < 1.29 is 4.79 Å². The van der Waals surface area contributed by atoms with E-state index in [4.69, 9.17) is 0 Å². The van der Waals surface area contributed by atoms with Crippen LogP contribution < -0.4 is 5.32 Å². The second-order valence-corrected chi connectivity index (χ2v) is 6.20. The number of carbonyl (C=O) groups is 1. The van der Waals surface area contributed by atoms with Gasteiger partial charge in [0.1, 0.15) is 0 Å². The first kappa shape index (κ1) is 12.3. The van der Waals surface area contributed by atoms with Gasteiger partial charge in [-0.15, -0.1) is 11.8 Å². The summed E-state index contributed by atoms with van der Waals surface area (Å²) in [7, 11) is 0. The lowest BCUT2D eigenvalue weighted by molar-refractivity contribution is 0.225. The molecule has 0 aliphatic carbocycles. The van der Waals surface area contributed by atoms with Crippen molar-refractivity contribution in [2.24, 2.45) is 0 Å². The first-order chi connectivity index (χ1) is 7.66. The number of urea groups is 1. The quantitative estimate of drug-likeness (QED) is 0.821. The zero-order valence-electron chi connectivity index (χ0n) is 8.37. The highest BCUT2D eigenvalue weighted by Gasteiger charge is 2.18. The monoisotopic (exact) mass is 364 g/mol. The highest BCUT2D eigenvalue weighted by Crippen LogP contribution is 2.26. The molecule has 0 saturated carbocycles. The highest BCUT2D eigenvalue weighted by molar-refractivity contribution is 9.11. The molecule has 1 aromatic rings. The second-order valence-electron chi connectivity index (χ2n) is 3.36. The summed E-state index contributed by atoms with van der Waals surface area (Å²) in [6, 6.07) is 5.65. The van der Waals surface area contributed by atoms with Gasteiger partial charge in [0.15, 0.2) is 0 Å². The third-order valence-corrected chi connectivity index (χ3v) is 4.33. The molecule has 0 radical (unpaired) electrons. The Labute approximate surface area is 115 Å². The molecular weight excluding hydrogens is 356 g/mol. The minimum absolute atomic E-state index is 0.0342. The number of anilines is 1. The van der Waals surface area contributed by atoms with Gasteiger partial charge in [-0.2, -0.15) is 0 Å². The van der Waals surface area contributed by atoms with Crippen molar-refractivity contribution in [1.29, 1.82) is 0 Å². The van der Waals surface area contributed by atoms with Crippen LogP contribution in [0.1, 0.15) is 0 Å². The normalized spacial score (nSPS) is 15.2. The van der Waals surface area contributed by atoms with Gasteiger partial charge < -0.3 is 10.2 Å². The smallest absolute Gasteiger partial charge is 0.314 e. The van der Waals surface area contributed by atoms with Gasteiger partial charge in [-0.1, -0.05) is 15.9 Å². The van der Waals surface area contributed by atoms with E-state index in [0.717, 1.165) is 32.8 Å². The Balaban J connectivity index is 2.05. The van der Waals surface area contributed by atoms with Crippen molar-refractivity contribution in [3.8, 4) is 0 Å². The second kappa shape index (κ2) is 5.42. The minimum Gasteiger partial charge on any atom is -0.314 e. The Kier molecular flexibility index (Phi) is 4.16. The van der Waals surface area contributed by atoms with Gasteiger partial charge in [-0.3, -0.25) is 0 Å². The van der Waals surface area contributed by atoms with Gasteiger partial charge in [0.2, 0.25) is 0 Å². The summed E-state index contributed by atoms with van der Waals surface area (Å²) in [5.41, 5.74) is 0.796. The van der Waals surface area contributed by atoms with Gasteiger partial charge in [0, 0.05) is 21.2 Å². The number of benzene rings is 1. The summed E-state index contributed by atoms with van der Waals surface area (Å²) in [5, 5.41) is 2.89. The maximum Gasteiger partial charge on any atom is 0.322 e. The number of carbonyl (C=O) groups excluding carboxylic acids is 1. The molecule has 1 aromatic carbocycles. The van der Waals surface area contributed by atoms with Crippen molar-refractivity contribution in [2.75, 3.05) is 23.5 Å². The minimum atomic E-state index is -0.0342. The van der Waals surface area contributed by atoms with Crippen LogP contribution in [0.4, 0.5) is 10.5 Å². The maximum atomic E-state index is 11.8. The molecule has 86 valence electrons. The Hall–Kier alpha value is -0.200. The van der Waals surface area contributed by atoms with Crippen LogP contribution in [-0.4, -0.2) is 29.1 Å². The van der Waals surface area contributed by atoms with E-state index in [-0.39, 0.29) is 6.03 Å². The zero-order chi connectivity index (χ0) is 11.5. The van der Waals surface area contributed by atoms with Gasteiger partial charge in [-0.05, 0) is 34.1 Å². The van der Waals surface area contributed by atoms with E-state index in [1.165, 1.54) is 0 Å². The molecular formula is C10H10Br2N2OS. The molecule has 1 aliphatic heterocycles. The number of halogens is 2. The fourth-order valence-electron chi connectivity index (χ4n) is 1.36. The van der Waals surface area contributed by atoms with Gasteiger partial charge in [-0.25, -0.2) is 4.79 Å². The predicted molar refractivity (Wildman–Crippen MR) is 74.9 cm³/mol. The summed E-state index contributed by atoms with van der Waals surface area (Å²) < 4.78 is 1.86. The molecule has 6 heteroatoms. The van der Waals surface area contributed by atoms with Crippen LogP contribution in [0, 0.1) is 0 Å². The lowest BCUT2D eigenvalue weighted by atomic mass is 10.3. The molecule has 0 unspecified atom stereocenters. The molecule has 1 fully saturated rings. The van der Waals surface area contributed by atoms with E-state index in [1.54, 1.807) is 16.7 Å². The molecule has 1 saturated heterocycles. The standard InChI is InChI=1S/C10H10Br2N2OS/c11-7-1-2-9(8(12)5-7)13-10(15)14-3-4-16-6-14/h1-2,5H,3-4,6H2,(H,13,15). The fraction of sp³-hybridized carbons (Fsp3) is 0.300. The Morgan fingerprint density at radius 2 is 2.25 bits per heavy atom. The highest BCUT2D eigenvalue weighted by atomic mass is 79.9. The average molecular weight is 366 g/mol. The molecule has 0 spiro atoms. The Bertz CT molecular complexity index is 408. The van der Waals surface area contributed by atoms with Crippen LogP contribution in [-0.2, 0) is 0 Å². The summed E-state index contributed by atoms with van der Waals surface area (Å²) in [5.74, 6) is 1.80. The van der Waals surface area contributed by atoms with Gasteiger partial charge in [0.25, 0.3) is 0 Å². The SMILES string of the molecule is O=C(Nc1ccc(Br)cc1Br)N1CCSC1. The van der Waals surface area contributed by atoms with Crippen molar-refractivity contribution >= 4 is 55.3 Å². The molecule has 0 atom stereocenters. The van der Waals surface area contributed by atoms with Crippen LogP contribution in [0.5, 0.6) is 0 Å². The largest absolute Gasteiger partial charge is 0.322 e. The van der Waals surface area contributed by atoms with Crippen LogP contribution in [0.15, 0.2) is 27.1 Å². The Morgan fingerprint density at radius 3 is 2.88 bits per heavy atom. The van der Waals surface area contributed by atoms with Crippen LogP contribution in [0.25, 0.3) is 0 Å². The molecule has 0 bridgehead atoms. The molecule has 16 heavy (non-hydrogen) atoms.